The number of nitrogens with zero attached hydrogens (tertiary/aromatic N) is 1. The Hall–Kier alpha value is -3.15. The molecule has 1 fully saturated rings. The molecular formula is C25H28N2O4. The number of ether oxygens (including phenoxy) is 1. The van der Waals surface area contributed by atoms with Crippen LogP contribution in [0.4, 0.5) is 0 Å². The molecule has 0 unspecified atom stereocenters. The summed E-state index contributed by atoms with van der Waals surface area (Å²) in [5.74, 6) is -1.41. The summed E-state index contributed by atoms with van der Waals surface area (Å²) in [6, 6.07) is 17.7. The average molecular weight is 421 g/mol. The standard InChI is InChI=1S/C25H28N2O4/c1-17(18-8-3-2-4-9-18)27-15-20(14-24(27)29)25(30)31-16-23(28)26-22-13-7-11-19-10-5-6-12-21(19)22/h2-6,8-10,12,17,20,22H,7,11,13-16H2,1H3,(H,26,28)/t17-,20+,22+/m0/s1. The van der Waals surface area contributed by atoms with Gasteiger partial charge in [0.1, 0.15) is 0 Å². The third kappa shape index (κ3) is 4.79. The van der Waals surface area contributed by atoms with Crippen LogP contribution in [0, 0.1) is 5.92 Å². The minimum Gasteiger partial charge on any atom is -0.455 e. The molecule has 0 radical (unpaired) electrons. The molecule has 0 aromatic heterocycles. The molecule has 0 saturated carbocycles. The van der Waals surface area contributed by atoms with Crippen molar-refractivity contribution in [2.45, 2.75) is 44.7 Å². The number of amides is 2. The Morgan fingerprint density at radius 3 is 2.68 bits per heavy atom. The number of hydrogen-bond donors (Lipinski definition) is 1. The minimum atomic E-state index is -0.540. The molecule has 6 heteroatoms. The summed E-state index contributed by atoms with van der Waals surface area (Å²) in [6.45, 7) is 1.94. The Morgan fingerprint density at radius 2 is 1.87 bits per heavy atom. The number of aryl methyl sites for hydroxylation is 1. The van der Waals surface area contributed by atoms with E-state index in [0.29, 0.717) is 6.54 Å². The smallest absolute Gasteiger partial charge is 0.311 e. The molecule has 1 heterocycles. The van der Waals surface area contributed by atoms with Gasteiger partial charge in [-0.3, -0.25) is 14.4 Å². The number of esters is 1. The second-order valence-electron chi connectivity index (χ2n) is 8.35. The van der Waals surface area contributed by atoms with Crippen LogP contribution in [0.25, 0.3) is 0 Å². The van der Waals surface area contributed by atoms with Crippen molar-refractivity contribution in [1.82, 2.24) is 10.2 Å². The number of carbonyl (C=O) groups is 3. The van der Waals surface area contributed by atoms with E-state index < -0.39 is 11.9 Å². The van der Waals surface area contributed by atoms with Crippen LogP contribution < -0.4 is 5.32 Å². The van der Waals surface area contributed by atoms with E-state index in [1.807, 2.05) is 55.5 Å². The quantitative estimate of drug-likeness (QED) is 0.728. The predicted molar refractivity (Wildman–Crippen MR) is 116 cm³/mol. The number of hydrogen-bond acceptors (Lipinski definition) is 4. The van der Waals surface area contributed by atoms with Crippen molar-refractivity contribution >= 4 is 17.8 Å². The molecular weight excluding hydrogens is 392 g/mol. The van der Waals surface area contributed by atoms with Gasteiger partial charge in [-0.05, 0) is 42.9 Å². The van der Waals surface area contributed by atoms with Crippen LogP contribution >= 0.6 is 0 Å². The highest BCUT2D eigenvalue weighted by atomic mass is 16.5. The van der Waals surface area contributed by atoms with E-state index in [4.69, 9.17) is 4.74 Å². The fourth-order valence-corrected chi connectivity index (χ4v) is 4.57. The van der Waals surface area contributed by atoms with Gasteiger partial charge >= 0.3 is 5.97 Å². The molecule has 1 N–H and O–H groups in total. The van der Waals surface area contributed by atoms with Crippen LogP contribution in [0.2, 0.25) is 0 Å². The lowest BCUT2D eigenvalue weighted by atomic mass is 9.88. The topological polar surface area (TPSA) is 75.7 Å². The Balaban J connectivity index is 1.28. The third-order valence-electron chi connectivity index (χ3n) is 6.29. The van der Waals surface area contributed by atoms with Crippen molar-refractivity contribution in [2.24, 2.45) is 5.92 Å². The van der Waals surface area contributed by atoms with Gasteiger partial charge in [0.15, 0.2) is 6.61 Å². The largest absolute Gasteiger partial charge is 0.455 e. The first-order valence-corrected chi connectivity index (χ1v) is 10.9. The van der Waals surface area contributed by atoms with Gasteiger partial charge in [-0.25, -0.2) is 0 Å². The summed E-state index contributed by atoms with van der Waals surface area (Å²) in [7, 11) is 0. The van der Waals surface area contributed by atoms with Gasteiger partial charge < -0.3 is 15.0 Å². The highest BCUT2D eigenvalue weighted by molar-refractivity contribution is 5.88. The first kappa shape index (κ1) is 21.1. The molecule has 1 saturated heterocycles. The fraction of sp³-hybridized carbons (Fsp3) is 0.400. The highest BCUT2D eigenvalue weighted by Gasteiger charge is 2.38. The van der Waals surface area contributed by atoms with Gasteiger partial charge in [0, 0.05) is 13.0 Å². The Morgan fingerprint density at radius 1 is 1.13 bits per heavy atom. The fourth-order valence-electron chi connectivity index (χ4n) is 4.57. The molecule has 4 rings (SSSR count). The number of nitrogens with one attached hydrogen (secondary N) is 1. The van der Waals surface area contributed by atoms with E-state index in [1.54, 1.807) is 4.90 Å². The van der Waals surface area contributed by atoms with E-state index >= 15 is 0 Å². The number of rotatable bonds is 6. The molecule has 2 aromatic carbocycles. The maximum absolute atomic E-state index is 12.5. The van der Waals surface area contributed by atoms with E-state index in [1.165, 1.54) is 5.56 Å². The van der Waals surface area contributed by atoms with Crippen molar-refractivity contribution < 1.29 is 19.1 Å². The molecule has 3 atom stereocenters. The van der Waals surface area contributed by atoms with Crippen LogP contribution in [0.15, 0.2) is 54.6 Å². The van der Waals surface area contributed by atoms with Gasteiger partial charge in [-0.2, -0.15) is 0 Å². The summed E-state index contributed by atoms with van der Waals surface area (Å²) in [5, 5.41) is 2.98. The van der Waals surface area contributed by atoms with E-state index in [9.17, 15) is 14.4 Å². The Labute approximate surface area is 182 Å². The SMILES string of the molecule is C[C@@H](c1ccccc1)N1C[C@H](C(=O)OCC(=O)N[C@@H]2CCCc3ccccc32)CC1=O. The normalized spacial score (nSPS) is 21.3. The highest BCUT2D eigenvalue weighted by Crippen LogP contribution is 2.30. The molecule has 6 nitrogen and oxygen atoms in total. The van der Waals surface area contributed by atoms with Gasteiger partial charge in [0.25, 0.3) is 5.91 Å². The van der Waals surface area contributed by atoms with Gasteiger partial charge in [-0.15, -0.1) is 0 Å². The minimum absolute atomic E-state index is 0.0496. The summed E-state index contributed by atoms with van der Waals surface area (Å²) in [6.07, 6.45) is 3.03. The zero-order valence-electron chi connectivity index (χ0n) is 17.8. The van der Waals surface area contributed by atoms with E-state index in [0.717, 1.165) is 30.4 Å². The second kappa shape index (κ2) is 9.33. The van der Waals surface area contributed by atoms with Crippen molar-refractivity contribution in [3.8, 4) is 0 Å². The summed E-state index contributed by atoms with van der Waals surface area (Å²) in [4.78, 5) is 39.1. The van der Waals surface area contributed by atoms with Crippen molar-refractivity contribution in [1.29, 1.82) is 0 Å². The van der Waals surface area contributed by atoms with Crippen molar-refractivity contribution in [3.63, 3.8) is 0 Å². The van der Waals surface area contributed by atoms with Crippen LogP contribution in [-0.2, 0) is 25.5 Å². The number of carbonyl (C=O) groups excluding carboxylic acids is 3. The molecule has 2 aliphatic rings. The zero-order chi connectivity index (χ0) is 21.8. The maximum atomic E-state index is 12.5. The molecule has 2 aromatic rings. The first-order valence-electron chi connectivity index (χ1n) is 10.9. The summed E-state index contributed by atoms with van der Waals surface area (Å²) in [5.41, 5.74) is 3.42. The van der Waals surface area contributed by atoms with Crippen LogP contribution in [0.5, 0.6) is 0 Å². The molecule has 31 heavy (non-hydrogen) atoms. The van der Waals surface area contributed by atoms with Gasteiger partial charge in [-0.1, -0.05) is 54.6 Å². The predicted octanol–water partition coefficient (Wildman–Crippen LogP) is 3.33. The lowest BCUT2D eigenvalue weighted by molar-refractivity contribution is -0.152. The molecule has 2 amide bonds. The molecule has 1 aliphatic heterocycles. The third-order valence-corrected chi connectivity index (χ3v) is 6.29. The molecule has 0 bridgehead atoms. The first-order chi connectivity index (χ1) is 15.0. The lowest BCUT2D eigenvalue weighted by Crippen LogP contribution is -2.35. The lowest BCUT2D eigenvalue weighted by Gasteiger charge is -2.26. The average Bonchev–Trinajstić information content (AvgIpc) is 3.19. The molecule has 1 aliphatic carbocycles. The Bertz CT molecular complexity index is 959. The number of benzene rings is 2. The maximum Gasteiger partial charge on any atom is 0.311 e. The number of likely N-dealkylation sites (tertiary alicyclic amines) is 1. The second-order valence-corrected chi connectivity index (χ2v) is 8.35. The van der Waals surface area contributed by atoms with E-state index in [-0.39, 0.29) is 36.9 Å². The number of fused-ring (bicyclic) bond motifs is 1. The molecule has 162 valence electrons. The van der Waals surface area contributed by atoms with Crippen molar-refractivity contribution in [3.05, 3.63) is 71.3 Å². The van der Waals surface area contributed by atoms with Gasteiger partial charge in [0.2, 0.25) is 5.91 Å². The van der Waals surface area contributed by atoms with Crippen LogP contribution in [-0.4, -0.2) is 35.8 Å². The van der Waals surface area contributed by atoms with Crippen LogP contribution in [0.1, 0.15) is 55.0 Å². The summed E-state index contributed by atoms with van der Waals surface area (Å²) < 4.78 is 5.27. The zero-order valence-corrected chi connectivity index (χ0v) is 17.8. The molecule has 0 spiro atoms. The Kier molecular flexibility index (Phi) is 6.35. The summed E-state index contributed by atoms with van der Waals surface area (Å²) >= 11 is 0. The van der Waals surface area contributed by atoms with Gasteiger partial charge in [0.05, 0.1) is 18.0 Å². The van der Waals surface area contributed by atoms with Crippen molar-refractivity contribution in [2.75, 3.05) is 13.2 Å². The van der Waals surface area contributed by atoms with Crippen LogP contribution in [0.3, 0.4) is 0 Å². The van der Waals surface area contributed by atoms with E-state index in [2.05, 4.69) is 11.4 Å². The monoisotopic (exact) mass is 420 g/mol.